The molecular weight excluding hydrogens is 164 g/mol. The van der Waals surface area contributed by atoms with E-state index in [0.717, 1.165) is 12.1 Å². The van der Waals surface area contributed by atoms with Gasteiger partial charge in [0.1, 0.15) is 0 Å². The summed E-state index contributed by atoms with van der Waals surface area (Å²) in [5.74, 6) is 0.388. The summed E-state index contributed by atoms with van der Waals surface area (Å²) in [4.78, 5) is 16.4. The zero-order valence-electron chi connectivity index (χ0n) is 5.64. The quantitative estimate of drug-likeness (QED) is 0.553. The van der Waals surface area contributed by atoms with E-state index in [0.29, 0.717) is 17.1 Å². The van der Waals surface area contributed by atoms with Gasteiger partial charge in [-0.15, -0.1) is 0 Å². The second-order valence-corrected chi connectivity index (χ2v) is 2.72. The monoisotopic (exact) mass is 170 g/mol. The van der Waals surface area contributed by atoms with E-state index in [1.807, 2.05) is 0 Å². The van der Waals surface area contributed by atoms with Crippen LogP contribution in [0.5, 0.6) is 5.75 Å². The molecule has 0 saturated heterocycles. The van der Waals surface area contributed by atoms with Gasteiger partial charge in [-0.1, -0.05) is 0 Å². The summed E-state index contributed by atoms with van der Waals surface area (Å²) in [6.07, 6.45) is 0.739. The molecule has 0 atom stereocenters. The predicted molar refractivity (Wildman–Crippen MR) is 41.4 cm³/mol. The van der Waals surface area contributed by atoms with Crippen LogP contribution in [0.3, 0.4) is 0 Å². The molecule has 0 unspecified atom stereocenters. The van der Waals surface area contributed by atoms with Gasteiger partial charge in [-0.2, -0.15) is 0 Å². The molecule has 0 fully saturated rings. The van der Waals surface area contributed by atoms with E-state index in [-0.39, 0.29) is 5.56 Å². The summed E-state index contributed by atoms with van der Waals surface area (Å²) < 4.78 is 5.42. The lowest BCUT2D eigenvalue weighted by atomic mass is 10.3. The first kappa shape index (κ1) is 6.60. The van der Waals surface area contributed by atoms with Gasteiger partial charge < -0.3 is 9.72 Å². The number of aromatic nitrogens is 2. The van der Waals surface area contributed by atoms with Crippen molar-refractivity contribution in [3.8, 4) is 5.75 Å². The van der Waals surface area contributed by atoms with Crippen molar-refractivity contribution in [2.24, 2.45) is 0 Å². The Morgan fingerprint density at radius 2 is 2.27 bits per heavy atom. The van der Waals surface area contributed by atoms with Gasteiger partial charge in [0.25, 0.3) is 5.56 Å². The van der Waals surface area contributed by atoms with Crippen molar-refractivity contribution >= 4 is 12.2 Å². The highest BCUT2D eigenvalue weighted by Gasteiger charge is 2.15. The Balaban J connectivity index is 2.80. The van der Waals surface area contributed by atoms with Crippen molar-refractivity contribution in [3.05, 3.63) is 20.8 Å². The number of ether oxygens (including phenoxy) is 1. The lowest BCUT2D eigenvalue weighted by molar-refractivity contribution is 0.352. The fourth-order valence-electron chi connectivity index (χ4n) is 1.11. The Morgan fingerprint density at radius 3 is 3.09 bits per heavy atom. The molecule has 1 aliphatic rings. The highest BCUT2D eigenvalue weighted by atomic mass is 32.1. The third-order valence-electron chi connectivity index (χ3n) is 1.57. The Labute approximate surface area is 67.2 Å². The predicted octanol–water partition coefficient (Wildman–Crippen LogP) is 0.367. The minimum atomic E-state index is -0.235. The number of rotatable bonds is 0. The summed E-state index contributed by atoms with van der Waals surface area (Å²) in [5.41, 5.74) is 0.569. The molecule has 58 valence electrons. The van der Waals surface area contributed by atoms with Crippen LogP contribution in [0.4, 0.5) is 0 Å². The molecule has 2 N–H and O–H groups in total. The maximum absolute atomic E-state index is 11.1. The van der Waals surface area contributed by atoms with Gasteiger partial charge >= 0.3 is 0 Å². The first-order valence-corrected chi connectivity index (χ1v) is 3.66. The van der Waals surface area contributed by atoms with Crippen LogP contribution in [0.1, 0.15) is 5.69 Å². The number of aromatic amines is 2. The molecule has 2 heterocycles. The second-order valence-electron chi connectivity index (χ2n) is 2.31. The molecule has 0 spiro atoms. The van der Waals surface area contributed by atoms with Crippen molar-refractivity contribution in [3.63, 3.8) is 0 Å². The Hall–Kier alpha value is -1.10. The van der Waals surface area contributed by atoms with E-state index in [2.05, 4.69) is 9.97 Å². The van der Waals surface area contributed by atoms with E-state index in [1.54, 1.807) is 0 Å². The van der Waals surface area contributed by atoms with E-state index in [9.17, 15) is 4.79 Å². The smallest absolute Gasteiger partial charge is 0.294 e. The van der Waals surface area contributed by atoms with E-state index in [4.69, 9.17) is 17.0 Å². The number of H-pyrrole nitrogens is 2. The lowest BCUT2D eigenvalue weighted by Gasteiger charge is -1.94. The minimum Gasteiger partial charge on any atom is -0.486 e. The number of hydrogen-bond acceptors (Lipinski definition) is 3. The van der Waals surface area contributed by atoms with Crippen molar-refractivity contribution < 1.29 is 4.74 Å². The first-order valence-electron chi connectivity index (χ1n) is 3.25. The van der Waals surface area contributed by atoms with Gasteiger partial charge in [0, 0.05) is 6.42 Å². The first-order chi connectivity index (χ1) is 5.27. The topological polar surface area (TPSA) is 57.9 Å². The molecule has 1 aliphatic heterocycles. The SMILES string of the molecule is O=c1[nH]c(=S)[nH]c2c1OCC2. The molecule has 1 aromatic heterocycles. The van der Waals surface area contributed by atoms with Crippen molar-refractivity contribution in [1.29, 1.82) is 0 Å². The zero-order chi connectivity index (χ0) is 7.84. The maximum atomic E-state index is 11.1. The standard InChI is InChI=1S/C6H6N2O2S/c9-5-4-3(1-2-10-4)7-6(11)8-5/h1-2H2,(H2,7,8,9,11). The van der Waals surface area contributed by atoms with E-state index < -0.39 is 0 Å². The highest BCUT2D eigenvalue weighted by Crippen LogP contribution is 2.15. The van der Waals surface area contributed by atoms with Gasteiger partial charge in [-0.05, 0) is 12.2 Å². The number of nitrogens with one attached hydrogen (secondary N) is 2. The normalized spacial score (nSPS) is 14.2. The summed E-state index contributed by atoms with van der Waals surface area (Å²) in [6.45, 7) is 0.563. The fourth-order valence-corrected chi connectivity index (χ4v) is 1.32. The molecule has 4 nitrogen and oxygen atoms in total. The van der Waals surface area contributed by atoms with Crippen LogP contribution >= 0.6 is 12.2 Å². The van der Waals surface area contributed by atoms with Crippen molar-refractivity contribution in [1.82, 2.24) is 9.97 Å². The average molecular weight is 170 g/mol. The fraction of sp³-hybridized carbons (Fsp3) is 0.333. The second kappa shape index (κ2) is 2.20. The lowest BCUT2D eigenvalue weighted by Crippen LogP contribution is -2.09. The maximum Gasteiger partial charge on any atom is 0.294 e. The Kier molecular flexibility index (Phi) is 1.32. The van der Waals surface area contributed by atoms with Crippen molar-refractivity contribution in [2.45, 2.75) is 6.42 Å². The van der Waals surface area contributed by atoms with Crippen LogP contribution in [0, 0.1) is 4.77 Å². The summed E-state index contributed by atoms with van der Waals surface area (Å²) in [7, 11) is 0. The highest BCUT2D eigenvalue weighted by molar-refractivity contribution is 7.71. The molecule has 0 bridgehead atoms. The third-order valence-corrected chi connectivity index (χ3v) is 1.77. The molecule has 1 aromatic rings. The van der Waals surface area contributed by atoms with Crippen LogP contribution in [-0.4, -0.2) is 16.6 Å². The van der Waals surface area contributed by atoms with Crippen LogP contribution in [0.15, 0.2) is 4.79 Å². The molecule has 0 aromatic carbocycles. The van der Waals surface area contributed by atoms with E-state index in [1.165, 1.54) is 0 Å². The summed E-state index contributed by atoms with van der Waals surface area (Å²) in [5, 5.41) is 0. The van der Waals surface area contributed by atoms with Crippen LogP contribution < -0.4 is 10.3 Å². The largest absolute Gasteiger partial charge is 0.486 e. The van der Waals surface area contributed by atoms with Gasteiger partial charge in [0.2, 0.25) is 5.75 Å². The van der Waals surface area contributed by atoms with Crippen LogP contribution in [0.25, 0.3) is 0 Å². The van der Waals surface area contributed by atoms with Crippen LogP contribution in [0.2, 0.25) is 0 Å². The molecule has 2 rings (SSSR count). The summed E-state index contributed by atoms with van der Waals surface area (Å²) >= 11 is 4.77. The molecule has 0 saturated carbocycles. The molecule has 11 heavy (non-hydrogen) atoms. The van der Waals surface area contributed by atoms with Gasteiger partial charge in [-0.3, -0.25) is 9.78 Å². The third kappa shape index (κ3) is 0.970. The molecule has 0 radical (unpaired) electrons. The van der Waals surface area contributed by atoms with Gasteiger partial charge in [-0.25, -0.2) is 0 Å². The number of fused-ring (bicyclic) bond motifs is 1. The molecule has 5 heteroatoms. The Morgan fingerprint density at radius 1 is 1.45 bits per heavy atom. The molecule has 0 aliphatic carbocycles. The average Bonchev–Trinajstić information content (AvgIpc) is 2.34. The molecular formula is C6H6N2O2S. The number of hydrogen-bond donors (Lipinski definition) is 2. The van der Waals surface area contributed by atoms with Gasteiger partial charge in [0.15, 0.2) is 4.77 Å². The van der Waals surface area contributed by atoms with Gasteiger partial charge in [0.05, 0.1) is 12.3 Å². The molecule has 0 amide bonds. The van der Waals surface area contributed by atoms with Crippen molar-refractivity contribution in [2.75, 3.05) is 6.61 Å². The summed E-state index contributed by atoms with van der Waals surface area (Å²) in [6, 6.07) is 0. The minimum absolute atomic E-state index is 0.235. The zero-order valence-corrected chi connectivity index (χ0v) is 6.46. The Bertz CT molecular complexity index is 392. The van der Waals surface area contributed by atoms with Crippen LogP contribution in [-0.2, 0) is 6.42 Å². The van der Waals surface area contributed by atoms with E-state index >= 15 is 0 Å².